The maximum absolute atomic E-state index is 13.0. The minimum absolute atomic E-state index is 0.0708. The van der Waals surface area contributed by atoms with Gasteiger partial charge in [-0.05, 0) is 43.2 Å². The van der Waals surface area contributed by atoms with E-state index in [4.69, 9.17) is 16.0 Å². The molecule has 2 heterocycles. The van der Waals surface area contributed by atoms with Crippen molar-refractivity contribution in [3.63, 3.8) is 0 Å². The first kappa shape index (κ1) is 24.3. The summed E-state index contributed by atoms with van der Waals surface area (Å²) >= 11 is 6.12. The van der Waals surface area contributed by atoms with Gasteiger partial charge in [0.15, 0.2) is 9.84 Å². The number of carbonyl (C=O) groups excluding carboxylic acids is 1. The van der Waals surface area contributed by atoms with Crippen molar-refractivity contribution in [3.05, 3.63) is 53.6 Å². The van der Waals surface area contributed by atoms with Crippen molar-refractivity contribution in [3.8, 4) is 11.5 Å². The lowest BCUT2D eigenvalue weighted by Crippen LogP contribution is -2.41. The molecule has 1 aromatic heterocycles. The second-order valence-electron chi connectivity index (χ2n) is 7.81. The van der Waals surface area contributed by atoms with Crippen molar-refractivity contribution in [1.29, 1.82) is 0 Å². The van der Waals surface area contributed by atoms with Crippen LogP contribution < -0.4 is 5.32 Å². The predicted octanol–water partition coefficient (Wildman–Crippen LogP) is 2.83. The van der Waals surface area contributed by atoms with Gasteiger partial charge >= 0.3 is 6.01 Å². The zero-order chi connectivity index (χ0) is 24.5. The van der Waals surface area contributed by atoms with Crippen molar-refractivity contribution < 1.29 is 26.0 Å². The molecular weight excluding hydrogens is 504 g/mol. The summed E-state index contributed by atoms with van der Waals surface area (Å²) in [6, 6.07) is 12.1. The second kappa shape index (κ2) is 9.45. The molecule has 4 rings (SSSR count). The smallest absolute Gasteiger partial charge is 0.322 e. The van der Waals surface area contributed by atoms with Crippen molar-refractivity contribution in [1.82, 2.24) is 14.5 Å². The second-order valence-corrected chi connectivity index (χ2v) is 12.2. The lowest BCUT2D eigenvalue weighted by Gasteiger charge is -2.30. The van der Waals surface area contributed by atoms with Crippen LogP contribution in [-0.2, 0) is 24.7 Å². The summed E-state index contributed by atoms with van der Waals surface area (Å²) in [7, 11) is -7.45. The highest BCUT2D eigenvalue weighted by atomic mass is 35.5. The summed E-state index contributed by atoms with van der Waals surface area (Å²) < 4.78 is 56.3. The molecule has 1 N–H and O–H groups in total. The fourth-order valence-electron chi connectivity index (χ4n) is 3.60. The summed E-state index contributed by atoms with van der Waals surface area (Å²) in [5.74, 6) is -0.645. The van der Waals surface area contributed by atoms with Crippen LogP contribution in [0.15, 0.2) is 62.7 Å². The number of anilines is 1. The van der Waals surface area contributed by atoms with Gasteiger partial charge in [0.05, 0.1) is 20.4 Å². The summed E-state index contributed by atoms with van der Waals surface area (Å²) in [5, 5.41) is 10.7. The van der Waals surface area contributed by atoms with Gasteiger partial charge in [-0.15, -0.1) is 5.10 Å². The Morgan fingerprint density at radius 2 is 1.71 bits per heavy atom. The topological polar surface area (TPSA) is 140 Å². The molecule has 0 bridgehead atoms. The SMILES string of the molecule is CS(=O)(=O)c1cccc(S(=O)(=O)N2CCC(C(=O)Nc3nnc(-c4ccccc4Cl)o3)CC2)c1. The van der Waals surface area contributed by atoms with E-state index < -0.39 is 25.8 Å². The number of rotatable bonds is 6. The lowest BCUT2D eigenvalue weighted by atomic mass is 9.97. The minimum atomic E-state index is -3.90. The number of sulfone groups is 1. The number of halogens is 1. The molecule has 0 unspecified atom stereocenters. The Hall–Kier alpha value is -2.80. The van der Waals surface area contributed by atoms with E-state index in [1.807, 2.05) is 0 Å². The van der Waals surface area contributed by atoms with Crippen LogP contribution in [0.1, 0.15) is 12.8 Å². The molecule has 34 heavy (non-hydrogen) atoms. The molecule has 2 aromatic carbocycles. The average molecular weight is 525 g/mol. The molecule has 1 amide bonds. The van der Waals surface area contributed by atoms with Gasteiger partial charge in [-0.25, -0.2) is 16.8 Å². The Balaban J connectivity index is 1.39. The van der Waals surface area contributed by atoms with Crippen LogP contribution in [0.5, 0.6) is 0 Å². The van der Waals surface area contributed by atoms with Crippen molar-refractivity contribution in [2.24, 2.45) is 5.92 Å². The van der Waals surface area contributed by atoms with Gasteiger partial charge in [-0.3, -0.25) is 10.1 Å². The molecular formula is C21H21ClN4O6S2. The van der Waals surface area contributed by atoms with Crippen LogP contribution in [-0.4, -0.2) is 56.6 Å². The van der Waals surface area contributed by atoms with E-state index in [-0.39, 0.29) is 53.5 Å². The van der Waals surface area contributed by atoms with E-state index >= 15 is 0 Å². The molecule has 180 valence electrons. The highest BCUT2D eigenvalue weighted by Gasteiger charge is 2.33. The number of piperidine rings is 1. The Morgan fingerprint density at radius 1 is 1.03 bits per heavy atom. The van der Waals surface area contributed by atoms with Gasteiger partial charge in [0, 0.05) is 25.3 Å². The average Bonchev–Trinajstić information content (AvgIpc) is 3.27. The van der Waals surface area contributed by atoms with Gasteiger partial charge in [-0.2, -0.15) is 4.31 Å². The lowest BCUT2D eigenvalue weighted by molar-refractivity contribution is -0.121. The van der Waals surface area contributed by atoms with Gasteiger partial charge in [-0.1, -0.05) is 34.9 Å². The summed E-state index contributed by atoms with van der Waals surface area (Å²) in [5.41, 5.74) is 0.538. The number of nitrogens with zero attached hydrogens (tertiary/aromatic N) is 3. The van der Waals surface area contributed by atoms with E-state index in [2.05, 4.69) is 15.5 Å². The maximum atomic E-state index is 13.0. The van der Waals surface area contributed by atoms with E-state index in [0.717, 1.165) is 12.3 Å². The third kappa shape index (κ3) is 5.14. The van der Waals surface area contributed by atoms with Gasteiger partial charge in [0.25, 0.3) is 5.89 Å². The zero-order valence-corrected chi connectivity index (χ0v) is 20.4. The van der Waals surface area contributed by atoms with Crippen molar-refractivity contribution >= 4 is 43.4 Å². The molecule has 0 atom stereocenters. The first-order valence-electron chi connectivity index (χ1n) is 10.3. The molecule has 1 saturated heterocycles. The summed E-state index contributed by atoms with van der Waals surface area (Å²) in [6.07, 6.45) is 1.58. The van der Waals surface area contributed by atoms with E-state index in [1.165, 1.54) is 22.5 Å². The number of sulfonamides is 1. The molecule has 1 aliphatic heterocycles. The number of aromatic nitrogens is 2. The summed E-state index contributed by atoms with van der Waals surface area (Å²) in [6.45, 7) is 0.219. The van der Waals surface area contributed by atoms with E-state index in [1.54, 1.807) is 24.3 Å². The van der Waals surface area contributed by atoms with Crippen LogP contribution in [0.2, 0.25) is 5.02 Å². The predicted molar refractivity (Wildman–Crippen MR) is 124 cm³/mol. The van der Waals surface area contributed by atoms with Crippen LogP contribution in [0.4, 0.5) is 6.01 Å². The van der Waals surface area contributed by atoms with Crippen LogP contribution >= 0.6 is 11.6 Å². The first-order chi connectivity index (χ1) is 16.1. The first-order valence-corrected chi connectivity index (χ1v) is 14.0. The number of hydrogen-bond donors (Lipinski definition) is 1. The van der Waals surface area contributed by atoms with Crippen LogP contribution in [0.3, 0.4) is 0 Å². The largest absolute Gasteiger partial charge is 0.403 e. The third-order valence-corrected chi connectivity index (χ3v) is 8.79. The van der Waals surface area contributed by atoms with Gasteiger partial charge in [0.1, 0.15) is 0 Å². The minimum Gasteiger partial charge on any atom is -0.403 e. The highest BCUT2D eigenvalue weighted by molar-refractivity contribution is 7.91. The number of amides is 1. The van der Waals surface area contributed by atoms with Crippen molar-refractivity contribution in [2.45, 2.75) is 22.6 Å². The number of hydrogen-bond acceptors (Lipinski definition) is 8. The molecule has 0 aliphatic carbocycles. The van der Waals surface area contributed by atoms with Crippen molar-refractivity contribution in [2.75, 3.05) is 24.7 Å². The van der Waals surface area contributed by atoms with Crippen LogP contribution in [0.25, 0.3) is 11.5 Å². The number of benzene rings is 2. The summed E-state index contributed by atoms with van der Waals surface area (Å²) in [4.78, 5) is 12.5. The number of carbonyl (C=O) groups is 1. The monoisotopic (exact) mass is 524 g/mol. The number of nitrogens with one attached hydrogen (secondary N) is 1. The molecule has 13 heteroatoms. The van der Waals surface area contributed by atoms with E-state index in [9.17, 15) is 21.6 Å². The molecule has 0 radical (unpaired) electrons. The molecule has 1 aliphatic rings. The van der Waals surface area contributed by atoms with E-state index in [0.29, 0.717) is 10.6 Å². The van der Waals surface area contributed by atoms with Gasteiger partial charge < -0.3 is 4.42 Å². The normalized spacial score (nSPS) is 15.8. The standard InChI is InChI=1S/C21H21ClN4O6S2/c1-33(28,29)15-5-4-6-16(13-15)34(30,31)26-11-9-14(10-12-26)19(27)23-21-25-24-20(32-21)17-7-2-3-8-18(17)22/h2-8,13-14H,9-12H2,1H3,(H,23,25,27). The quantitative estimate of drug-likeness (QED) is 0.519. The molecule has 1 fully saturated rings. The Morgan fingerprint density at radius 3 is 2.38 bits per heavy atom. The highest BCUT2D eigenvalue weighted by Crippen LogP contribution is 2.29. The Kier molecular flexibility index (Phi) is 6.76. The van der Waals surface area contributed by atoms with Gasteiger partial charge in [0.2, 0.25) is 15.9 Å². The maximum Gasteiger partial charge on any atom is 0.322 e. The molecule has 0 saturated carbocycles. The fourth-order valence-corrected chi connectivity index (χ4v) is 6.07. The molecule has 3 aromatic rings. The fraction of sp³-hybridized carbons (Fsp3) is 0.286. The van der Waals surface area contributed by atoms with Crippen LogP contribution in [0, 0.1) is 5.92 Å². The Bertz CT molecular complexity index is 1430. The molecule has 0 spiro atoms. The zero-order valence-electron chi connectivity index (χ0n) is 18.0. The third-order valence-electron chi connectivity index (χ3n) is 5.46. The molecule has 10 nitrogen and oxygen atoms in total. The Labute approximate surface area is 201 Å².